The number of likely N-dealkylation sites (tertiary alicyclic amines) is 1. The van der Waals surface area contributed by atoms with Crippen LogP contribution < -0.4 is 4.74 Å². The number of likely N-dealkylation sites (N-methyl/N-ethyl adjacent to an activating group) is 1. The smallest absolute Gasteiger partial charge is 0.295 e. The highest BCUT2D eigenvalue weighted by Crippen LogP contribution is 2.41. The Kier molecular flexibility index (Phi) is 8.00. The lowest BCUT2D eigenvalue weighted by Gasteiger charge is -2.28. The minimum absolute atomic E-state index is 0.0227. The molecule has 1 amide bonds. The number of ether oxygens (including phenoxy) is 1. The standard InChI is InChI=1S/C28H35FN2O4/c1-7-30(8-2)15-16-31-24(18-9-12-20(29)13-10-18)23(26(33)27(31)34)25(32)21-17-19(28(3,4)5)11-14-22(21)35-6/h9-14,17,24,32H,7-8,15-16H2,1-6H3/b25-23+. The van der Waals surface area contributed by atoms with E-state index in [1.54, 1.807) is 24.3 Å². The summed E-state index contributed by atoms with van der Waals surface area (Å²) in [6.45, 7) is 12.7. The maximum absolute atomic E-state index is 13.7. The van der Waals surface area contributed by atoms with Crippen molar-refractivity contribution >= 4 is 17.4 Å². The van der Waals surface area contributed by atoms with Crippen LogP contribution in [-0.2, 0) is 15.0 Å². The number of aliphatic hydroxyl groups excluding tert-OH is 1. The van der Waals surface area contributed by atoms with Crippen LogP contribution in [0.25, 0.3) is 5.76 Å². The summed E-state index contributed by atoms with van der Waals surface area (Å²) in [6.07, 6.45) is 0. The first-order valence-electron chi connectivity index (χ1n) is 12.0. The predicted octanol–water partition coefficient (Wildman–Crippen LogP) is 4.90. The van der Waals surface area contributed by atoms with Gasteiger partial charge in [0.1, 0.15) is 17.3 Å². The Morgan fingerprint density at radius 1 is 1.09 bits per heavy atom. The molecule has 35 heavy (non-hydrogen) atoms. The molecule has 1 fully saturated rings. The molecule has 0 radical (unpaired) electrons. The zero-order chi connectivity index (χ0) is 25.9. The molecule has 3 rings (SSSR count). The number of ketones is 1. The van der Waals surface area contributed by atoms with E-state index in [2.05, 4.69) is 4.90 Å². The number of rotatable bonds is 8. The van der Waals surface area contributed by atoms with Crippen molar-refractivity contribution in [3.63, 3.8) is 0 Å². The summed E-state index contributed by atoms with van der Waals surface area (Å²) in [6, 6.07) is 10.3. The average molecular weight is 483 g/mol. The molecule has 1 unspecified atom stereocenters. The van der Waals surface area contributed by atoms with Gasteiger partial charge in [0, 0.05) is 13.1 Å². The molecule has 7 heteroatoms. The summed E-state index contributed by atoms with van der Waals surface area (Å²) in [5.74, 6) is -1.78. The van der Waals surface area contributed by atoms with E-state index in [0.717, 1.165) is 18.7 Å². The number of hydrogen-bond acceptors (Lipinski definition) is 5. The summed E-state index contributed by atoms with van der Waals surface area (Å²) in [5, 5.41) is 11.5. The van der Waals surface area contributed by atoms with Crippen LogP contribution in [-0.4, -0.2) is 59.9 Å². The first kappa shape index (κ1) is 26.4. The van der Waals surface area contributed by atoms with E-state index in [1.807, 2.05) is 40.7 Å². The van der Waals surface area contributed by atoms with Crippen LogP contribution in [0.4, 0.5) is 4.39 Å². The maximum atomic E-state index is 13.7. The van der Waals surface area contributed by atoms with E-state index in [1.165, 1.54) is 24.1 Å². The van der Waals surface area contributed by atoms with E-state index in [9.17, 15) is 19.1 Å². The molecule has 1 atom stereocenters. The van der Waals surface area contributed by atoms with Gasteiger partial charge in [0.2, 0.25) is 0 Å². The lowest BCUT2D eigenvalue weighted by Crippen LogP contribution is -2.38. The highest BCUT2D eigenvalue weighted by atomic mass is 19.1. The summed E-state index contributed by atoms with van der Waals surface area (Å²) in [7, 11) is 1.49. The van der Waals surface area contributed by atoms with E-state index in [4.69, 9.17) is 4.74 Å². The van der Waals surface area contributed by atoms with Gasteiger partial charge in [0.05, 0.1) is 24.3 Å². The summed E-state index contributed by atoms with van der Waals surface area (Å²) in [5.41, 5.74) is 1.60. The highest BCUT2D eigenvalue weighted by molar-refractivity contribution is 6.46. The molecular weight excluding hydrogens is 447 g/mol. The predicted molar refractivity (Wildman–Crippen MR) is 135 cm³/mol. The molecule has 6 nitrogen and oxygen atoms in total. The van der Waals surface area contributed by atoms with Crippen LogP contribution in [0.15, 0.2) is 48.0 Å². The van der Waals surface area contributed by atoms with Crippen LogP contribution in [0.1, 0.15) is 57.4 Å². The molecule has 0 aromatic heterocycles. The molecule has 0 spiro atoms. The van der Waals surface area contributed by atoms with Gasteiger partial charge < -0.3 is 19.6 Å². The number of Topliss-reactive ketones (excluding diaryl/α,β-unsaturated/α-hetero) is 1. The van der Waals surface area contributed by atoms with Crippen LogP contribution >= 0.6 is 0 Å². The van der Waals surface area contributed by atoms with Gasteiger partial charge in [0.25, 0.3) is 11.7 Å². The first-order valence-corrected chi connectivity index (χ1v) is 12.0. The topological polar surface area (TPSA) is 70.1 Å². The third-order valence-corrected chi connectivity index (χ3v) is 6.60. The Hall–Kier alpha value is -3.19. The monoisotopic (exact) mass is 482 g/mol. The maximum Gasteiger partial charge on any atom is 0.295 e. The third kappa shape index (κ3) is 5.40. The van der Waals surface area contributed by atoms with Crippen LogP contribution in [0.2, 0.25) is 0 Å². The number of halogens is 1. The number of benzene rings is 2. The van der Waals surface area contributed by atoms with Gasteiger partial charge in [-0.1, -0.05) is 52.8 Å². The second-order valence-electron chi connectivity index (χ2n) is 9.74. The molecule has 1 aliphatic heterocycles. The fourth-order valence-corrected chi connectivity index (χ4v) is 4.40. The lowest BCUT2D eigenvalue weighted by atomic mass is 9.85. The van der Waals surface area contributed by atoms with Gasteiger partial charge in [-0.15, -0.1) is 0 Å². The van der Waals surface area contributed by atoms with Crippen molar-refractivity contribution < 1.29 is 23.8 Å². The van der Waals surface area contributed by atoms with Crippen molar-refractivity contribution in [3.05, 3.63) is 70.5 Å². The summed E-state index contributed by atoms with van der Waals surface area (Å²) in [4.78, 5) is 30.1. The van der Waals surface area contributed by atoms with Crippen molar-refractivity contribution in [1.29, 1.82) is 0 Å². The Bertz CT molecular complexity index is 1110. The van der Waals surface area contributed by atoms with Crippen molar-refractivity contribution in [3.8, 4) is 5.75 Å². The number of hydrogen-bond donors (Lipinski definition) is 1. The van der Waals surface area contributed by atoms with E-state index >= 15 is 0 Å². The summed E-state index contributed by atoms with van der Waals surface area (Å²) < 4.78 is 19.2. The van der Waals surface area contributed by atoms with Gasteiger partial charge in [-0.25, -0.2) is 4.39 Å². The highest BCUT2D eigenvalue weighted by Gasteiger charge is 2.46. The Morgan fingerprint density at radius 2 is 1.71 bits per heavy atom. The Morgan fingerprint density at radius 3 is 2.26 bits per heavy atom. The molecule has 2 aromatic rings. The average Bonchev–Trinajstić information content (AvgIpc) is 3.08. The third-order valence-electron chi connectivity index (χ3n) is 6.60. The quantitative estimate of drug-likeness (QED) is 0.329. The number of carbonyl (C=O) groups is 2. The number of aliphatic hydroxyl groups is 1. The minimum Gasteiger partial charge on any atom is -0.507 e. The van der Waals surface area contributed by atoms with E-state index < -0.39 is 23.5 Å². The van der Waals surface area contributed by atoms with Crippen molar-refractivity contribution in [2.45, 2.75) is 46.1 Å². The molecule has 0 aliphatic carbocycles. The molecule has 0 saturated carbocycles. The molecule has 1 saturated heterocycles. The Labute approximate surface area is 207 Å². The Balaban J connectivity index is 2.20. The molecule has 1 aliphatic rings. The zero-order valence-electron chi connectivity index (χ0n) is 21.4. The normalized spacial score (nSPS) is 17.9. The van der Waals surface area contributed by atoms with E-state index in [0.29, 0.717) is 30.0 Å². The lowest BCUT2D eigenvalue weighted by molar-refractivity contribution is -0.140. The fraction of sp³-hybridized carbons (Fsp3) is 0.429. The molecule has 188 valence electrons. The largest absolute Gasteiger partial charge is 0.507 e. The van der Waals surface area contributed by atoms with Gasteiger partial charge in [-0.3, -0.25) is 9.59 Å². The van der Waals surface area contributed by atoms with Crippen LogP contribution in [0.5, 0.6) is 5.75 Å². The molecule has 0 bridgehead atoms. The van der Waals surface area contributed by atoms with Gasteiger partial charge >= 0.3 is 0 Å². The molecule has 1 N–H and O–H groups in total. The van der Waals surface area contributed by atoms with E-state index in [-0.39, 0.29) is 16.7 Å². The van der Waals surface area contributed by atoms with Gasteiger partial charge in [-0.2, -0.15) is 0 Å². The van der Waals surface area contributed by atoms with Gasteiger partial charge in [0.15, 0.2) is 0 Å². The van der Waals surface area contributed by atoms with Crippen molar-refractivity contribution in [1.82, 2.24) is 9.80 Å². The number of amides is 1. The van der Waals surface area contributed by atoms with Gasteiger partial charge in [-0.05, 0) is 53.9 Å². The van der Waals surface area contributed by atoms with Crippen molar-refractivity contribution in [2.75, 3.05) is 33.3 Å². The SMILES string of the molecule is CCN(CC)CCN1C(=O)C(=O)/C(=C(/O)c2cc(C(C)(C)C)ccc2OC)C1c1ccc(F)cc1. The zero-order valence-corrected chi connectivity index (χ0v) is 21.4. The number of carbonyl (C=O) groups excluding carboxylic acids is 2. The second-order valence-corrected chi connectivity index (χ2v) is 9.74. The fourth-order valence-electron chi connectivity index (χ4n) is 4.40. The number of methoxy groups -OCH3 is 1. The van der Waals surface area contributed by atoms with Crippen LogP contribution in [0.3, 0.4) is 0 Å². The molecule has 2 aromatic carbocycles. The second kappa shape index (κ2) is 10.6. The molecular formula is C28H35FN2O4. The van der Waals surface area contributed by atoms with Crippen LogP contribution in [0, 0.1) is 5.82 Å². The minimum atomic E-state index is -0.839. The first-order chi connectivity index (χ1) is 16.5. The number of nitrogens with zero attached hydrogens (tertiary/aromatic N) is 2. The molecule has 1 heterocycles. The van der Waals surface area contributed by atoms with Crippen molar-refractivity contribution in [2.24, 2.45) is 0 Å². The summed E-state index contributed by atoms with van der Waals surface area (Å²) >= 11 is 0.